The highest BCUT2D eigenvalue weighted by Crippen LogP contribution is 2.45. The molecule has 1 nitrogen and oxygen atoms in total. The van der Waals surface area contributed by atoms with Gasteiger partial charge >= 0.3 is 0 Å². The lowest BCUT2D eigenvalue weighted by atomic mass is 9.78. The lowest BCUT2D eigenvalue weighted by Crippen LogP contribution is -2.33. The molecular weight excluding hydrogens is 122 g/mol. The van der Waals surface area contributed by atoms with E-state index >= 15 is 0 Å². The smallest absolute Gasteiger partial charge is 0.00443 e. The van der Waals surface area contributed by atoms with Crippen LogP contribution in [0.3, 0.4) is 0 Å². The lowest BCUT2D eigenvalue weighted by Gasteiger charge is -2.30. The lowest BCUT2D eigenvalue weighted by molar-refractivity contribution is 0.224. The van der Waals surface area contributed by atoms with Gasteiger partial charge in [-0.25, -0.2) is 0 Å². The van der Waals surface area contributed by atoms with E-state index in [9.17, 15) is 0 Å². The highest BCUT2D eigenvalue weighted by atomic mass is 14.7. The second-order valence-electron chi connectivity index (χ2n) is 4.19. The third kappa shape index (κ3) is 0.878. The summed E-state index contributed by atoms with van der Waals surface area (Å²) < 4.78 is 0. The van der Waals surface area contributed by atoms with E-state index in [4.69, 9.17) is 5.73 Å². The second kappa shape index (κ2) is 2.23. The van der Waals surface area contributed by atoms with Crippen molar-refractivity contribution in [3.05, 3.63) is 0 Å². The molecule has 10 heavy (non-hydrogen) atoms. The molecule has 2 aliphatic carbocycles. The van der Waals surface area contributed by atoms with Crippen LogP contribution in [-0.2, 0) is 0 Å². The van der Waals surface area contributed by atoms with Crippen molar-refractivity contribution in [2.24, 2.45) is 23.5 Å². The van der Waals surface area contributed by atoms with Crippen LogP contribution < -0.4 is 5.73 Å². The summed E-state index contributed by atoms with van der Waals surface area (Å²) in [4.78, 5) is 0. The molecule has 0 heterocycles. The van der Waals surface area contributed by atoms with Crippen molar-refractivity contribution in [3.8, 4) is 0 Å². The first-order chi connectivity index (χ1) is 4.77. The molecule has 0 aliphatic heterocycles. The molecule has 0 amide bonds. The molecule has 2 aliphatic rings. The Morgan fingerprint density at radius 2 is 1.60 bits per heavy atom. The van der Waals surface area contributed by atoms with E-state index in [1.54, 1.807) is 0 Å². The van der Waals surface area contributed by atoms with E-state index in [2.05, 4.69) is 6.92 Å². The van der Waals surface area contributed by atoms with Crippen LogP contribution in [0.25, 0.3) is 0 Å². The zero-order valence-electron chi connectivity index (χ0n) is 6.72. The first kappa shape index (κ1) is 6.66. The SMILES string of the molecule is CC1[C@@H]2CC[C@H]1CC(N)C2. The van der Waals surface area contributed by atoms with E-state index in [1.165, 1.54) is 25.7 Å². The van der Waals surface area contributed by atoms with Crippen molar-refractivity contribution in [1.82, 2.24) is 0 Å². The Morgan fingerprint density at radius 1 is 1.10 bits per heavy atom. The number of hydrogen-bond acceptors (Lipinski definition) is 1. The van der Waals surface area contributed by atoms with E-state index in [0.717, 1.165) is 17.8 Å². The zero-order chi connectivity index (χ0) is 7.14. The van der Waals surface area contributed by atoms with Gasteiger partial charge in [0.05, 0.1) is 0 Å². The van der Waals surface area contributed by atoms with Gasteiger partial charge in [-0.05, 0) is 43.4 Å². The number of hydrogen-bond donors (Lipinski definition) is 1. The molecule has 4 atom stereocenters. The summed E-state index contributed by atoms with van der Waals surface area (Å²) >= 11 is 0. The largest absolute Gasteiger partial charge is 0.328 e. The van der Waals surface area contributed by atoms with E-state index < -0.39 is 0 Å². The van der Waals surface area contributed by atoms with Crippen molar-refractivity contribution < 1.29 is 0 Å². The number of rotatable bonds is 0. The molecule has 0 saturated heterocycles. The Balaban J connectivity index is 2.09. The molecule has 0 aromatic rings. The molecule has 0 aromatic carbocycles. The summed E-state index contributed by atoms with van der Waals surface area (Å²) in [5.74, 6) is 2.95. The van der Waals surface area contributed by atoms with Gasteiger partial charge in [-0.15, -0.1) is 0 Å². The molecule has 2 bridgehead atoms. The van der Waals surface area contributed by atoms with Crippen molar-refractivity contribution in [2.75, 3.05) is 0 Å². The summed E-state index contributed by atoms with van der Waals surface area (Å²) in [5.41, 5.74) is 5.92. The summed E-state index contributed by atoms with van der Waals surface area (Å²) in [6, 6.07) is 0.536. The van der Waals surface area contributed by atoms with Gasteiger partial charge in [0.25, 0.3) is 0 Å². The van der Waals surface area contributed by atoms with Crippen LogP contribution in [0.5, 0.6) is 0 Å². The first-order valence-corrected chi connectivity index (χ1v) is 4.53. The Kier molecular flexibility index (Phi) is 1.48. The number of nitrogens with two attached hydrogens (primary N) is 1. The molecule has 2 rings (SSSR count). The monoisotopic (exact) mass is 139 g/mol. The molecule has 2 saturated carbocycles. The fourth-order valence-electron chi connectivity index (χ4n) is 2.88. The maximum Gasteiger partial charge on any atom is 0.00443 e. The van der Waals surface area contributed by atoms with Crippen molar-refractivity contribution >= 4 is 0 Å². The topological polar surface area (TPSA) is 26.0 Å². The molecule has 0 radical (unpaired) electrons. The van der Waals surface area contributed by atoms with Crippen LogP contribution in [0.15, 0.2) is 0 Å². The van der Waals surface area contributed by atoms with Gasteiger partial charge in [-0.2, -0.15) is 0 Å². The Morgan fingerprint density at radius 3 is 2.10 bits per heavy atom. The quantitative estimate of drug-likeness (QED) is 0.544. The summed E-state index contributed by atoms with van der Waals surface area (Å²) in [6.07, 6.45) is 5.52. The van der Waals surface area contributed by atoms with Crippen LogP contribution in [0.2, 0.25) is 0 Å². The fraction of sp³-hybridized carbons (Fsp3) is 1.00. The first-order valence-electron chi connectivity index (χ1n) is 4.53. The molecule has 2 fully saturated rings. The molecule has 0 spiro atoms. The summed E-state index contributed by atoms with van der Waals surface area (Å²) in [6.45, 7) is 2.41. The Bertz CT molecular complexity index is 119. The molecular formula is C9H17N. The van der Waals surface area contributed by atoms with Gasteiger partial charge in [-0.1, -0.05) is 6.92 Å². The minimum absolute atomic E-state index is 0.536. The summed E-state index contributed by atoms with van der Waals surface area (Å²) in [7, 11) is 0. The van der Waals surface area contributed by atoms with Crippen LogP contribution >= 0.6 is 0 Å². The normalized spacial score (nSPS) is 53.4. The predicted octanol–water partition coefficient (Wildman–Crippen LogP) is 1.77. The van der Waals surface area contributed by atoms with Gasteiger partial charge < -0.3 is 5.73 Å². The van der Waals surface area contributed by atoms with Gasteiger partial charge in [0.1, 0.15) is 0 Å². The maximum absolute atomic E-state index is 5.92. The molecule has 2 N–H and O–H groups in total. The average molecular weight is 139 g/mol. The zero-order valence-corrected chi connectivity index (χ0v) is 6.72. The van der Waals surface area contributed by atoms with E-state index in [0.29, 0.717) is 6.04 Å². The van der Waals surface area contributed by atoms with E-state index in [1.807, 2.05) is 0 Å². The molecule has 58 valence electrons. The molecule has 0 aromatic heterocycles. The van der Waals surface area contributed by atoms with Crippen LogP contribution in [0.1, 0.15) is 32.6 Å². The van der Waals surface area contributed by atoms with Crippen LogP contribution in [0, 0.1) is 17.8 Å². The minimum atomic E-state index is 0.536. The van der Waals surface area contributed by atoms with Gasteiger partial charge in [0.15, 0.2) is 0 Å². The summed E-state index contributed by atoms with van der Waals surface area (Å²) in [5, 5.41) is 0. The second-order valence-corrected chi connectivity index (χ2v) is 4.19. The molecule has 1 heteroatoms. The van der Waals surface area contributed by atoms with Crippen molar-refractivity contribution in [2.45, 2.75) is 38.6 Å². The van der Waals surface area contributed by atoms with Gasteiger partial charge in [0.2, 0.25) is 0 Å². The minimum Gasteiger partial charge on any atom is -0.328 e. The third-order valence-electron chi connectivity index (χ3n) is 3.61. The Hall–Kier alpha value is -0.0400. The standard InChI is InChI=1S/C9H17N/c1-6-7-2-3-8(6)5-9(10)4-7/h6-9H,2-5,10H2,1H3/t6?,7-,8+,9?. The maximum atomic E-state index is 5.92. The fourth-order valence-corrected chi connectivity index (χ4v) is 2.88. The Labute approximate surface area is 63.0 Å². The molecule has 2 unspecified atom stereocenters. The highest BCUT2D eigenvalue weighted by molar-refractivity contribution is 4.91. The van der Waals surface area contributed by atoms with E-state index in [-0.39, 0.29) is 0 Å². The average Bonchev–Trinajstić information content (AvgIpc) is 2.20. The van der Waals surface area contributed by atoms with Crippen LogP contribution in [-0.4, -0.2) is 6.04 Å². The van der Waals surface area contributed by atoms with Gasteiger partial charge in [0, 0.05) is 6.04 Å². The highest BCUT2D eigenvalue weighted by Gasteiger charge is 2.38. The van der Waals surface area contributed by atoms with Gasteiger partial charge in [-0.3, -0.25) is 0 Å². The predicted molar refractivity (Wildman–Crippen MR) is 42.6 cm³/mol. The van der Waals surface area contributed by atoms with Crippen molar-refractivity contribution in [1.29, 1.82) is 0 Å². The number of fused-ring (bicyclic) bond motifs is 2. The van der Waals surface area contributed by atoms with Crippen LogP contribution in [0.4, 0.5) is 0 Å². The van der Waals surface area contributed by atoms with Crippen molar-refractivity contribution in [3.63, 3.8) is 0 Å². The third-order valence-corrected chi connectivity index (χ3v) is 3.61.